The summed E-state index contributed by atoms with van der Waals surface area (Å²) < 4.78 is 8.45. The Morgan fingerprint density at radius 2 is 1.86 bits per heavy atom. The van der Waals surface area contributed by atoms with Crippen LogP contribution in [0.25, 0.3) is 11.4 Å². The summed E-state index contributed by atoms with van der Waals surface area (Å²) >= 11 is 0. The first kappa shape index (κ1) is 18.3. The van der Waals surface area contributed by atoms with Crippen LogP contribution in [0.15, 0.2) is 60.9 Å². The predicted octanol–water partition coefficient (Wildman–Crippen LogP) is 3.94. The molecule has 1 aliphatic heterocycles. The van der Waals surface area contributed by atoms with E-state index in [2.05, 4.69) is 33.6 Å². The van der Waals surface area contributed by atoms with Gasteiger partial charge in [-0.1, -0.05) is 30.3 Å². The van der Waals surface area contributed by atoms with Gasteiger partial charge in [-0.25, -0.2) is 4.98 Å². The highest BCUT2D eigenvalue weighted by atomic mass is 16.5. The van der Waals surface area contributed by atoms with Gasteiger partial charge in [0.25, 0.3) is 0 Å². The van der Waals surface area contributed by atoms with Gasteiger partial charge in [0.1, 0.15) is 17.7 Å². The highest BCUT2D eigenvalue weighted by molar-refractivity contribution is 5.64. The Bertz CT molecular complexity index is 980. The van der Waals surface area contributed by atoms with E-state index in [1.54, 1.807) is 6.20 Å². The van der Waals surface area contributed by atoms with Gasteiger partial charge in [-0.3, -0.25) is 0 Å². The summed E-state index contributed by atoms with van der Waals surface area (Å²) in [6, 6.07) is 18.1. The van der Waals surface area contributed by atoms with Crippen molar-refractivity contribution in [2.45, 2.75) is 25.5 Å². The molecule has 0 N–H and O–H groups in total. The number of nitrogens with zero attached hydrogens (tertiary/aromatic N) is 4. The zero-order valence-electron chi connectivity index (χ0n) is 16.1. The summed E-state index contributed by atoms with van der Waals surface area (Å²) in [6.45, 7) is 2.72. The minimum absolute atomic E-state index is 0.236. The fourth-order valence-electron chi connectivity index (χ4n) is 3.67. The molecule has 1 saturated heterocycles. The molecule has 0 amide bonds. The van der Waals surface area contributed by atoms with Crippen LogP contribution in [0.5, 0.6) is 5.75 Å². The first-order valence-electron chi connectivity index (χ1n) is 9.68. The zero-order valence-corrected chi connectivity index (χ0v) is 16.1. The van der Waals surface area contributed by atoms with Crippen LogP contribution in [0.2, 0.25) is 0 Å². The molecule has 2 aromatic carbocycles. The van der Waals surface area contributed by atoms with Gasteiger partial charge in [-0.05, 0) is 43.7 Å². The van der Waals surface area contributed by atoms with Crippen LogP contribution in [-0.2, 0) is 6.54 Å². The molecule has 5 nitrogen and oxygen atoms in total. The van der Waals surface area contributed by atoms with Crippen molar-refractivity contribution in [3.8, 4) is 23.2 Å². The Hall–Kier alpha value is -3.10. The number of piperidine rings is 1. The number of para-hydroxylation sites is 1. The highest BCUT2D eigenvalue weighted by Crippen LogP contribution is 2.31. The maximum Gasteiger partial charge on any atom is 0.143 e. The van der Waals surface area contributed by atoms with E-state index in [-0.39, 0.29) is 6.10 Å². The van der Waals surface area contributed by atoms with Crippen LogP contribution in [0.4, 0.5) is 0 Å². The zero-order chi connectivity index (χ0) is 19.3. The lowest BCUT2D eigenvalue weighted by atomic mass is 10.1. The third kappa shape index (κ3) is 3.92. The average Bonchev–Trinajstić information content (AvgIpc) is 3.18. The molecular formula is C23H24N4O. The second-order valence-corrected chi connectivity index (χ2v) is 7.26. The Morgan fingerprint density at radius 3 is 2.68 bits per heavy atom. The number of hydrogen-bond acceptors (Lipinski definition) is 4. The fraction of sp³-hybridized carbons (Fsp3) is 0.304. The van der Waals surface area contributed by atoms with Crippen LogP contribution in [-0.4, -0.2) is 40.7 Å². The van der Waals surface area contributed by atoms with Crippen LogP contribution in [0, 0.1) is 11.3 Å². The van der Waals surface area contributed by atoms with E-state index in [0.717, 1.165) is 48.6 Å². The number of ether oxygens (including phenoxy) is 1. The van der Waals surface area contributed by atoms with Crippen molar-refractivity contribution >= 4 is 0 Å². The molecule has 142 valence electrons. The van der Waals surface area contributed by atoms with Gasteiger partial charge in [0.15, 0.2) is 0 Å². The molecule has 0 unspecified atom stereocenters. The van der Waals surface area contributed by atoms with Gasteiger partial charge in [-0.2, -0.15) is 5.26 Å². The van der Waals surface area contributed by atoms with Gasteiger partial charge in [0.05, 0.1) is 23.7 Å². The van der Waals surface area contributed by atoms with Crippen molar-refractivity contribution in [2.24, 2.45) is 0 Å². The summed E-state index contributed by atoms with van der Waals surface area (Å²) in [5.74, 6) is 1.73. The summed E-state index contributed by atoms with van der Waals surface area (Å²) in [5, 5.41) is 9.38. The summed E-state index contributed by atoms with van der Waals surface area (Å²) in [7, 11) is 2.15. The molecule has 1 aromatic heterocycles. The molecule has 2 heterocycles. The highest BCUT2D eigenvalue weighted by Gasteiger charge is 2.20. The normalized spacial score (nSPS) is 15.3. The first-order valence-corrected chi connectivity index (χ1v) is 9.68. The second-order valence-electron chi connectivity index (χ2n) is 7.26. The number of benzene rings is 2. The van der Waals surface area contributed by atoms with Crippen molar-refractivity contribution < 1.29 is 4.74 Å². The van der Waals surface area contributed by atoms with Gasteiger partial charge in [0.2, 0.25) is 0 Å². The second kappa shape index (κ2) is 8.28. The van der Waals surface area contributed by atoms with E-state index in [1.807, 2.05) is 48.7 Å². The fourth-order valence-corrected chi connectivity index (χ4v) is 3.67. The first-order chi connectivity index (χ1) is 13.7. The van der Waals surface area contributed by atoms with E-state index >= 15 is 0 Å². The molecule has 0 bridgehead atoms. The van der Waals surface area contributed by atoms with Crippen molar-refractivity contribution in [3.05, 3.63) is 72.1 Å². The standard InChI is InChI=1S/C23H24N4O/c1-26-13-10-20(11-14-26)28-22-9-5-4-8-21(22)23-25-12-15-27(23)17-19-7-3-2-6-18(19)16-24/h2-9,12,15,20H,10-11,13-14,17H2,1H3. The predicted molar refractivity (Wildman–Crippen MR) is 109 cm³/mol. The number of rotatable bonds is 5. The van der Waals surface area contributed by atoms with Crippen molar-refractivity contribution in [1.29, 1.82) is 5.26 Å². The molecular weight excluding hydrogens is 348 g/mol. The quantitative estimate of drug-likeness (QED) is 0.681. The third-order valence-corrected chi connectivity index (χ3v) is 5.28. The molecule has 0 aliphatic carbocycles. The van der Waals surface area contributed by atoms with Crippen molar-refractivity contribution in [3.63, 3.8) is 0 Å². The Morgan fingerprint density at radius 1 is 1.11 bits per heavy atom. The third-order valence-electron chi connectivity index (χ3n) is 5.28. The Kier molecular flexibility index (Phi) is 5.41. The molecule has 28 heavy (non-hydrogen) atoms. The maximum absolute atomic E-state index is 9.38. The van der Waals surface area contributed by atoms with Gasteiger partial charge < -0.3 is 14.2 Å². The van der Waals surface area contributed by atoms with E-state index < -0.39 is 0 Å². The smallest absolute Gasteiger partial charge is 0.143 e. The number of likely N-dealkylation sites (tertiary alicyclic amines) is 1. The molecule has 1 aliphatic rings. The van der Waals surface area contributed by atoms with Gasteiger partial charge in [0, 0.05) is 25.5 Å². The van der Waals surface area contributed by atoms with Crippen LogP contribution < -0.4 is 4.74 Å². The molecule has 0 atom stereocenters. The number of imidazole rings is 1. The topological polar surface area (TPSA) is 54.1 Å². The lowest BCUT2D eigenvalue weighted by Gasteiger charge is -2.29. The van der Waals surface area contributed by atoms with E-state index in [0.29, 0.717) is 12.1 Å². The number of aromatic nitrogens is 2. The largest absolute Gasteiger partial charge is 0.490 e. The molecule has 0 spiro atoms. The molecule has 0 radical (unpaired) electrons. The maximum atomic E-state index is 9.38. The lowest BCUT2D eigenvalue weighted by molar-refractivity contribution is 0.115. The Labute approximate surface area is 165 Å². The van der Waals surface area contributed by atoms with Gasteiger partial charge in [-0.15, -0.1) is 0 Å². The average molecular weight is 372 g/mol. The van der Waals surface area contributed by atoms with Crippen molar-refractivity contribution in [2.75, 3.05) is 20.1 Å². The van der Waals surface area contributed by atoms with Crippen LogP contribution in [0.1, 0.15) is 24.0 Å². The van der Waals surface area contributed by atoms with E-state index in [1.165, 1.54) is 0 Å². The minimum Gasteiger partial charge on any atom is -0.490 e. The summed E-state index contributed by atoms with van der Waals surface area (Å²) in [6.07, 6.45) is 6.07. The number of hydrogen-bond donors (Lipinski definition) is 0. The minimum atomic E-state index is 0.236. The molecule has 1 fully saturated rings. The Balaban J connectivity index is 1.61. The summed E-state index contributed by atoms with van der Waals surface area (Å²) in [4.78, 5) is 6.93. The van der Waals surface area contributed by atoms with E-state index in [4.69, 9.17) is 4.74 Å². The lowest BCUT2D eigenvalue weighted by Crippen LogP contribution is -2.35. The number of nitriles is 1. The molecule has 4 rings (SSSR count). The van der Waals surface area contributed by atoms with E-state index in [9.17, 15) is 5.26 Å². The monoisotopic (exact) mass is 372 g/mol. The molecule has 3 aromatic rings. The van der Waals surface area contributed by atoms with Crippen molar-refractivity contribution in [1.82, 2.24) is 14.5 Å². The van der Waals surface area contributed by atoms with Crippen LogP contribution >= 0.6 is 0 Å². The molecule has 5 heteroatoms. The SMILES string of the molecule is CN1CCC(Oc2ccccc2-c2nccn2Cc2ccccc2C#N)CC1. The van der Waals surface area contributed by atoms with Crippen LogP contribution in [0.3, 0.4) is 0 Å². The van der Waals surface area contributed by atoms with Gasteiger partial charge >= 0.3 is 0 Å². The summed E-state index contributed by atoms with van der Waals surface area (Å²) in [5.41, 5.74) is 2.66. The molecule has 0 saturated carbocycles.